The largest absolute Gasteiger partial charge is 0.480 e. The number of carboxylic acids is 1. The molecule has 2 unspecified atom stereocenters. The first-order valence-corrected chi connectivity index (χ1v) is 5.04. The van der Waals surface area contributed by atoms with Crippen molar-refractivity contribution in [3.05, 3.63) is 11.3 Å². The van der Waals surface area contributed by atoms with Crippen LogP contribution in [0.2, 0.25) is 0 Å². The molecule has 0 radical (unpaired) electrons. The van der Waals surface area contributed by atoms with Gasteiger partial charge in [-0.25, -0.2) is 5.01 Å². The maximum absolute atomic E-state index is 11.1. The van der Waals surface area contributed by atoms with Crippen LogP contribution in [-0.2, 0) is 4.79 Å². The van der Waals surface area contributed by atoms with Gasteiger partial charge in [-0.05, 0) is 30.8 Å². The van der Waals surface area contributed by atoms with Crippen molar-refractivity contribution in [2.75, 3.05) is 7.05 Å². The topological polar surface area (TPSA) is 52.6 Å². The van der Waals surface area contributed by atoms with Crippen LogP contribution in [0.5, 0.6) is 0 Å². The predicted molar refractivity (Wildman–Crippen MR) is 52.4 cm³/mol. The standard InChI is InChI=1S/C10H16N2O2/c1-6-3-4-8-7(5-6)9(10(13)14)12(2)11-8/h6,9,11H,3-5H2,1-2H3,(H,13,14). The summed E-state index contributed by atoms with van der Waals surface area (Å²) >= 11 is 0. The highest BCUT2D eigenvalue weighted by atomic mass is 16.4. The minimum Gasteiger partial charge on any atom is -0.480 e. The summed E-state index contributed by atoms with van der Waals surface area (Å²) < 4.78 is 0. The fourth-order valence-electron chi connectivity index (χ4n) is 2.38. The highest BCUT2D eigenvalue weighted by Gasteiger charge is 2.37. The van der Waals surface area contributed by atoms with E-state index in [9.17, 15) is 4.79 Å². The maximum Gasteiger partial charge on any atom is 0.327 e. The van der Waals surface area contributed by atoms with Gasteiger partial charge in [0.15, 0.2) is 0 Å². The van der Waals surface area contributed by atoms with Crippen LogP contribution >= 0.6 is 0 Å². The number of allylic oxidation sites excluding steroid dienone is 1. The molecule has 0 aromatic heterocycles. The second kappa shape index (κ2) is 3.28. The van der Waals surface area contributed by atoms with Crippen molar-refractivity contribution in [3.63, 3.8) is 0 Å². The molecule has 1 heterocycles. The van der Waals surface area contributed by atoms with Gasteiger partial charge in [-0.2, -0.15) is 0 Å². The Morgan fingerprint density at radius 2 is 2.36 bits per heavy atom. The second-order valence-corrected chi connectivity index (χ2v) is 4.32. The summed E-state index contributed by atoms with van der Waals surface area (Å²) in [6.07, 6.45) is 3.07. The van der Waals surface area contributed by atoms with Gasteiger partial charge >= 0.3 is 5.97 Å². The molecule has 0 spiro atoms. The van der Waals surface area contributed by atoms with E-state index in [1.54, 1.807) is 12.1 Å². The van der Waals surface area contributed by atoms with Crippen molar-refractivity contribution >= 4 is 5.97 Å². The zero-order chi connectivity index (χ0) is 10.3. The lowest BCUT2D eigenvalue weighted by Crippen LogP contribution is -2.40. The normalized spacial score (nSPS) is 32.7. The molecule has 1 aliphatic heterocycles. The number of nitrogens with one attached hydrogen (secondary N) is 1. The van der Waals surface area contributed by atoms with E-state index in [0.29, 0.717) is 5.92 Å². The summed E-state index contributed by atoms with van der Waals surface area (Å²) in [5.41, 5.74) is 5.36. The molecule has 2 N–H and O–H groups in total. The Kier molecular flexibility index (Phi) is 2.23. The Hall–Kier alpha value is -1.03. The Morgan fingerprint density at radius 3 is 3.00 bits per heavy atom. The number of carbonyl (C=O) groups is 1. The number of aliphatic carboxylic acids is 1. The summed E-state index contributed by atoms with van der Waals surface area (Å²) in [7, 11) is 1.79. The van der Waals surface area contributed by atoms with Crippen molar-refractivity contribution in [3.8, 4) is 0 Å². The number of hydrogen-bond acceptors (Lipinski definition) is 3. The van der Waals surface area contributed by atoms with Crippen molar-refractivity contribution in [2.24, 2.45) is 5.92 Å². The maximum atomic E-state index is 11.1. The van der Waals surface area contributed by atoms with Crippen LogP contribution in [0, 0.1) is 5.92 Å². The molecule has 4 nitrogen and oxygen atoms in total. The number of likely N-dealkylation sites (N-methyl/N-ethyl adjacent to an activating group) is 1. The van der Waals surface area contributed by atoms with Crippen molar-refractivity contribution in [1.29, 1.82) is 0 Å². The second-order valence-electron chi connectivity index (χ2n) is 4.32. The number of rotatable bonds is 1. The minimum absolute atomic E-state index is 0.451. The Labute approximate surface area is 83.6 Å². The molecule has 0 amide bonds. The van der Waals surface area contributed by atoms with Crippen LogP contribution in [-0.4, -0.2) is 29.2 Å². The lowest BCUT2D eigenvalue weighted by molar-refractivity contribution is -0.141. The molecular formula is C10H16N2O2. The summed E-state index contributed by atoms with van der Waals surface area (Å²) in [6, 6.07) is -0.451. The third kappa shape index (κ3) is 1.39. The lowest BCUT2D eigenvalue weighted by Gasteiger charge is -2.21. The van der Waals surface area contributed by atoms with Crippen LogP contribution in [0.4, 0.5) is 0 Å². The summed E-state index contributed by atoms with van der Waals surface area (Å²) in [4.78, 5) is 11.1. The smallest absolute Gasteiger partial charge is 0.327 e. The summed E-state index contributed by atoms with van der Waals surface area (Å²) in [5, 5.41) is 10.8. The van der Waals surface area contributed by atoms with Crippen molar-refractivity contribution in [1.82, 2.24) is 10.4 Å². The Morgan fingerprint density at radius 1 is 1.64 bits per heavy atom. The van der Waals surface area contributed by atoms with E-state index in [1.165, 1.54) is 0 Å². The van der Waals surface area contributed by atoms with E-state index >= 15 is 0 Å². The quantitative estimate of drug-likeness (QED) is 0.656. The van der Waals surface area contributed by atoms with Gasteiger partial charge in [0.2, 0.25) is 0 Å². The fraction of sp³-hybridized carbons (Fsp3) is 0.700. The molecule has 0 aromatic rings. The first-order valence-electron chi connectivity index (χ1n) is 5.04. The molecule has 2 atom stereocenters. The van der Waals surface area contributed by atoms with Crippen LogP contribution in [0.15, 0.2) is 11.3 Å². The molecule has 1 aliphatic carbocycles. The number of carboxylic acid groups (broad SMARTS) is 1. The Bertz CT molecular complexity index is 298. The van der Waals surface area contributed by atoms with Gasteiger partial charge in [0, 0.05) is 12.7 Å². The van der Waals surface area contributed by atoms with Crippen LogP contribution < -0.4 is 5.43 Å². The van der Waals surface area contributed by atoms with Crippen molar-refractivity contribution in [2.45, 2.75) is 32.2 Å². The molecule has 0 bridgehead atoms. The van der Waals surface area contributed by atoms with Gasteiger partial charge in [0.1, 0.15) is 6.04 Å². The highest BCUT2D eigenvalue weighted by Crippen LogP contribution is 2.34. The van der Waals surface area contributed by atoms with Gasteiger partial charge in [0.05, 0.1) is 0 Å². The molecule has 4 heteroatoms. The molecule has 0 saturated carbocycles. The van der Waals surface area contributed by atoms with Gasteiger partial charge in [-0.15, -0.1) is 0 Å². The first-order chi connectivity index (χ1) is 6.59. The van der Waals surface area contributed by atoms with Crippen molar-refractivity contribution < 1.29 is 9.90 Å². The van der Waals surface area contributed by atoms with Gasteiger partial charge in [0.25, 0.3) is 0 Å². The van der Waals surface area contributed by atoms with Crippen LogP contribution in [0.3, 0.4) is 0 Å². The Balaban J connectivity index is 2.26. The fourth-order valence-corrected chi connectivity index (χ4v) is 2.38. The minimum atomic E-state index is -0.751. The van der Waals surface area contributed by atoms with Crippen LogP contribution in [0.25, 0.3) is 0 Å². The highest BCUT2D eigenvalue weighted by molar-refractivity contribution is 5.78. The van der Waals surface area contributed by atoms with Crippen LogP contribution in [0.1, 0.15) is 26.2 Å². The molecule has 14 heavy (non-hydrogen) atoms. The molecule has 0 saturated heterocycles. The number of nitrogens with zero attached hydrogens (tertiary/aromatic N) is 1. The monoisotopic (exact) mass is 196 g/mol. The van der Waals surface area contributed by atoms with E-state index in [-0.39, 0.29) is 0 Å². The molecule has 2 aliphatic rings. The summed E-state index contributed by atoms with van der Waals surface area (Å²) in [5.74, 6) is -0.136. The molecule has 78 valence electrons. The zero-order valence-corrected chi connectivity index (χ0v) is 8.58. The molecule has 2 rings (SSSR count). The third-order valence-corrected chi connectivity index (χ3v) is 3.11. The predicted octanol–water partition coefficient (Wildman–Crippen LogP) is 0.964. The van der Waals surface area contributed by atoms with Gasteiger partial charge in [-0.3, -0.25) is 4.79 Å². The van der Waals surface area contributed by atoms with Gasteiger partial charge in [-0.1, -0.05) is 6.92 Å². The SMILES string of the molecule is CC1CCC2=C(C1)C(C(=O)O)N(C)N2. The summed E-state index contributed by atoms with van der Waals surface area (Å²) in [6.45, 7) is 2.18. The molecule has 0 aromatic carbocycles. The number of hydrogen-bond donors (Lipinski definition) is 2. The third-order valence-electron chi connectivity index (χ3n) is 3.11. The van der Waals surface area contributed by atoms with Gasteiger partial charge < -0.3 is 10.5 Å². The zero-order valence-electron chi connectivity index (χ0n) is 8.58. The van der Waals surface area contributed by atoms with E-state index in [4.69, 9.17) is 5.11 Å². The van der Waals surface area contributed by atoms with E-state index in [0.717, 1.165) is 30.5 Å². The molecule has 0 fully saturated rings. The molecular weight excluding hydrogens is 180 g/mol. The average molecular weight is 196 g/mol. The van der Waals surface area contributed by atoms with E-state index < -0.39 is 12.0 Å². The lowest BCUT2D eigenvalue weighted by atomic mass is 9.86. The van der Waals surface area contributed by atoms with E-state index in [1.807, 2.05) is 0 Å². The average Bonchev–Trinajstić information content (AvgIpc) is 2.40. The first kappa shape index (κ1) is 9.52. The van der Waals surface area contributed by atoms with E-state index in [2.05, 4.69) is 12.3 Å². The number of hydrazine groups is 1.